The molecular formula is C17H14N2O4. The van der Waals surface area contributed by atoms with Crippen molar-refractivity contribution in [1.82, 2.24) is 4.57 Å². The van der Waals surface area contributed by atoms with Crippen LogP contribution in [0, 0.1) is 10.1 Å². The summed E-state index contributed by atoms with van der Waals surface area (Å²) in [5, 5.41) is 11.6. The van der Waals surface area contributed by atoms with Crippen LogP contribution in [0.4, 0.5) is 5.69 Å². The van der Waals surface area contributed by atoms with Crippen LogP contribution < -0.4 is 10.3 Å². The van der Waals surface area contributed by atoms with Crippen LogP contribution in [-0.4, -0.2) is 16.6 Å². The van der Waals surface area contributed by atoms with E-state index >= 15 is 0 Å². The molecule has 6 heteroatoms. The maximum atomic E-state index is 12.2. The van der Waals surface area contributed by atoms with Gasteiger partial charge in [-0.3, -0.25) is 14.9 Å². The predicted molar refractivity (Wildman–Crippen MR) is 87.0 cm³/mol. The first-order chi connectivity index (χ1) is 11.1. The molecule has 0 bridgehead atoms. The quantitative estimate of drug-likeness (QED) is 0.548. The maximum absolute atomic E-state index is 12.2. The summed E-state index contributed by atoms with van der Waals surface area (Å²) < 4.78 is 6.64. The van der Waals surface area contributed by atoms with Crippen LogP contribution in [-0.2, 0) is 6.54 Å². The van der Waals surface area contributed by atoms with E-state index in [1.165, 1.54) is 22.8 Å². The molecule has 0 N–H and O–H groups in total. The number of hydrogen-bond donors (Lipinski definition) is 0. The van der Waals surface area contributed by atoms with Crippen LogP contribution in [0.5, 0.6) is 5.75 Å². The second kappa shape index (κ2) is 5.92. The highest BCUT2D eigenvalue weighted by atomic mass is 16.6. The van der Waals surface area contributed by atoms with Crippen LogP contribution >= 0.6 is 0 Å². The van der Waals surface area contributed by atoms with Crippen LogP contribution in [0.3, 0.4) is 0 Å². The summed E-state index contributed by atoms with van der Waals surface area (Å²) in [7, 11) is 1.59. The Morgan fingerprint density at radius 2 is 1.83 bits per heavy atom. The molecule has 2 aromatic carbocycles. The average molecular weight is 310 g/mol. The van der Waals surface area contributed by atoms with Crippen molar-refractivity contribution >= 4 is 16.6 Å². The van der Waals surface area contributed by atoms with Gasteiger partial charge in [-0.15, -0.1) is 0 Å². The number of fused-ring (bicyclic) bond motifs is 1. The third-order valence-electron chi connectivity index (χ3n) is 3.71. The SMILES string of the molecule is COc1ccc(Cn2c(=O)ccc3c([N+](=O)[O-])cccc32)cc1. The van der Waals surface area contributed by atoms with Crippen LogP contribution in [0.2, 0.25) is 0 Å². The molecule has 0 atom stereocenters. The number of pyridine rings is 1. The van der Waals surface area contributed by atoms with E-state index in [9.17, 15) is 14.9 Å². The van der Waals surface area contributed by atoms with E-state index in [1.807, 2.05) is 24.3 Å². The Morgan fingerprint density at radius 1 is 1.09 bits per heavy atom. The number of benzene rings is 2. The van der Waals surface area contributed by atoms with E-state index in [4.69, 9.17) is 4.74 Å². The minimum Gasteiger partial charge on any atom is -0.497 e. The van der Waals surface area contributed by atoms with Crippen molar-refractivity contribution in [3.05, 3.63) is 80.6 Å². The third kappa shape index (κ3) is 2.78. The lowest BCUT2D eigenvalue weighted by Crippen LogP contribution is -2.20. The number of ether oxygens (including phenoxy) is 1. The highest BCUT2D eigenvalue weighted by Crippen LogP contribution is 2.24. The number of aromatic nitrogens is 1. The molecule has 0 saturated carbocycles. The fourth-order valence-corrected chi connectivity index (χ4v) is 2.55. The third-order valence-corrected chi connectivity index (χ3v) is 3.71. The Morgan fingerprint density at radius 3 is 2.48 bits per heavy atom. The molecule has 0 fully saturated rings. The Hall–Kier alpha value is -3.15. The molecule has 0 aliphatic carbocycles. The van der Waals surface area contributed by atoms with Gasteiger partial charge in [0.15, 0.2) is 0 Å². The van der Waals surface area contributed by atoms with Crippen molar-refractivity contribution in [1.29, 1.82) is 0 Å². The molecule has 3 aromatic rings. The summed E-state index contributed by atoms with van der Waals surface area (Å²) in [4.78, 5) is 22.9. The van der Waals surface area contributed by atoms with E-state index in [0.29, 0.717) is 17.4 Å². The van der Waals surface area contributed by atoms with E-state index in [-0.39, 0.29) is 11.2 Å². The Kier molecular flexibility index (Phi) is 3.80. The first-order valence-corrected chi connectivity index (χ1v) is 7.00. The molecule has 0 saturated heterocycles. The van der Waals surface area contributed by atoms with Gasteiger partial charge in [-0.1, -0.05) is 18.2 Å². The zero-order valence-corrected chi connectivity index (χ0v) is 12.4. The van der Waals surface area contributed by atoms with Gasteiger partial charge >= 0.3 is 0 Å². The Bertz CT molecular complexity index is 929. The molecule has 0 spiro atoms. The molecule has 0 aliphatic rings. The lowest BCUT2D eigenvalue weighted by Gasteiger charge is -2.10. The molecule has 116 valence electrons. The molecule has 3 rings (SSSR count). The standard InChI is InChI=1S/C17H14N2O4/c1-23-13-7-5-12(6-8-13)11-18-15-3-2-4-16(19(21)22)14(15)9-10-17(18)20/h2-10H,11H2,1H3. The van der Waals surface area contributed by atoms with Crippen molar-refractivity contribution in [3.8, 4) is 5.75 Å². The fourth-order valence-electron chi connectivity index (χ4n) is 2.55. The van der Waals surface area contributed by atoms with Gasteiger partial charge in [0.25, 0.3) is 11.2 Å². The summed E-state index contributed by atoms with van der Waals surface area (Å²) in [6.45, 7) is 0.335. The molecule has 6 nitrogen and oxygen atoms in total. The summed E-state index contributed by atoms with van der Waals surface area (Å²) in [6.07, 6.45) is 0. The lowest BCUT2D eigenvalue weighted by molar-refractivity contribution is -0.383. The van der Waals surface area contributed by atoms with Gasteiger partial charge in [0.2, 0.25) is 0 Å². The number of nitro groups is 1. The molecular weight excluding hydrogens is 296 g/mol. The highest BCUT2D eigenvalue weighted by Gasteiger charge is 2.14. The van der Waals surface area contributed by atoms with Crippen LogP contribution in [0.25, 0.3) is 10.9 Å². The molecule has 0 unspecified atom stereocenters. The van der Waals surface area contributed by atoms with Crippen molar-refractivity contribution in [3.63, 3.8) is 0 Å². The minimum atomic E-state index is -0.440. The zero-order chi connectivity index (χ0) is 16.4. The van der Waals surface area contributed by atoms with E-state index in [1.54, 1.807) is 19.2 Å². The highest BCUT2D eigenvalue weighted by molar-refractivity contribution is 5.88. The predicted octanol–water partition coefficient (Wildman–Crippen LogP) is 2.97. The number of nitro benzene ring substituents is 1. The first-order valence-electron chi connectivity index (χ1n) is 7.00. The van der Waals surface area contributed by atoms with Gasteiger partial charge < -0.3 is 9.30 Å². The molecule has 1 aromatic heterocycles. The minimum absolute atomic E-state index is 0.00835. The van der Waals surface area contributed by atoms with Gasteiger partial charge in [-0.25, -0.2) is 0 Å². The van der Waals surface area contributed by atoms with Crippen molar-refractivity contribution in [2.24, 2.45) is 0 Å². The molecule has 0 amide bonds. The number of methoxy groups -OCH3 is 1. The van der Waals surface area contributed by atoms with Crippen molar-refractivity contribution < 1.29 is 9.66 Å². The fraction of sp³-hybridized carbons (Fsp3) is 0.118. The van der Waals surface area contributed by atoms with Gasteiger partial charge in [-0.05, 0) is 29.8 Å². The number of non-ortho nitro benzene ring substituents is 1. The maximum Gasteiger partial charge on any atom is 0.278 e. The van der Waals surface area contributed by atoms with Gasteiger partial charge in [0.1, 0.15) is 5.75 Å². The first kappa shape index (κ1) is 14.8. The molecule has 1 heterocycles. The van der Waals surface area contributed by atoms with Crippen LogP contribution in [0.15, 0.2) is 59.4 Å². The number of hydrogen-bond acceptors (Lipinski definition) is 4. The Balaban J connectivity index is 2.12. The molecule has 0 aliphatic heterocycles. The Labute approximate surface area is 131 Å². The summed E-state index contributed by atoms with van der Waals surface area (Å²) in [5.41, 5.74) is 1.24. The number of rotatable bonds is 4. The average Bonchev–Trinajstić information content (AvgIpc) is 2.57. The van der Waals surface area contributed by atoms with E-state index in [2.05, 4.69) is 0 Å². The van der Waals surface area contributed by atoms with Crippen LogP contribution in [0.1, 0.15) is 5.56 Å². The molecule has 23 heavy (non-hydrogen) atoms. The summed E-state index contributed by atoms with van der Waals surface area (Å²) in [6, 6.07) is 15.0. The van der Waals surface area contributed by atoms with Gasteiger partial charge in [0, 0.05) is 12.1 Å². The van der Waals surface area contributed by atoms with E-state index in [0.717, 1.165) is 11.3 Å². The smallest absolute Gasteiger partial charge is 0.278 e. The largest absolute Gasteiger partial charge is 0.497 e. The second-order valence-corrected chi connectivity index (χ2v) is 5.07. The second-order valence-electron chi connectivity index (χ2n) is 5.07. The lowest BCUT2D eigenvalue weighted by atomic mass is 10.1. The number of nitrogens with zero attached hydrogens (tertiary/aromatic N) is 2. The molecule has 0 radical (unpaired) electrons. The summed E-state index contributed by atoms with van der Waals surface area (Å²) >= 11 is 0. The van der Waals surface area contributed by atoms with Crippen molar-refractivity contribution in [2.45, 2.75) is 6.54 Å². The van der Waals surface area contributed by atoms with Crippen molar-refractivity contribution in [2.75, 3.05) is 7.11 Å². The van der Waals surface area contributed by atoms with Gasteiger partial charge in [-0.2, -0.15) is 0 Å². The summed E-state index contributed by atoms with van der Waals surface area (Å²) in [5.74, 6) is 0.731. The van der Waals surface area contributed by atoms with E-state index < -0.39 is 4.92 Å². The topological polar surface area (TPSA) is 74.4 Å². The van der Waals surface area contributed by atoms with Gasteiger partial charge in [0.05, 0.1) is 29.5 Å². The normalized spacial score (nSPS) is 10.7. The monoisotopic (exact) mass is 310 g/mol. The zero-order valence-electron chi connectivity index (χ0n) is 12.4.